The van der Waals surface area contributed by atoms with Gasteiger partial charge in [-0.25, -0.2) is 4.98 Å². The predicted molar refractivity (Wildman–Crippen MR) is 99.4 cm³/mol. The van der Waals surface area contributed by atoms with E-state index in [1.165, 1.54) is 18.7 Å². The molecule has 3 N–H and O–H groups in total. The van der Waals surface area contributed by atoms with Gasteiger partial charge >= 0.3 is 0 Å². The van der Waals surface area contributed by atoms with E-state index in [9.17, 15) is 4.79 Å². The van der Waals surface area contributed by atoms with Gasteiger partial charge in [-0.05, 0) is 31.4 Å². The molecule has 1 aromatic carbocycles. The van der Waals surface area contributed by atoms with Gasteiger partial charge in [0.1, 0.15) is 5.82 Å². The smallest absolute Gasteiger partial charge is 0.241 e. The molecule has 3 rings (SSSR count). The molecular weight excluding hydrogens is 324 g/mol. The summed E-state index contributed by atoms with van der Waals surface area (Å²) in [5.41, 5.74) is 8.67. The second-order valence-corrected chi connectivity index (χ2v) is 6.15. The number of rotatable bonds is 5. The number of fused-ring (bicyclic) bond motifs is 1. The van der Waals surface area contributed by atoms with Gasteiger partial charge in [-0.1, -0.05) is 25.5 Å². The van der Waals surface area contributed by atoms with Crippen molar-refractivity contribution >= 4 is 24.0 Å². The monoisotopic (exact) mass is 348 g/mol. The summed E-state index contributed by atoms with van der Waals surface area (Å²) < 4.78 is 2.25. The van der Waals surface area contributed by atoms with Gasteiger partial charge in [0.05, 0.1) is 11.7 Å². The largest absolute Gasteiger partial charge is 0.334 e. The van der Waals surface area contributed by atoms with E-state index in [1.54, 1.807) is 0 Å². The van der Waals surface area contributed by atoms with Crippen LogP contribution >= 0.6 is 12.4 Å². The van der Waals surface area contributed by atoms with Crippen LogP contribution in [0.2, 0.25) is 0 Å². The standard InChI is InChI=1S/C18H24N4O.ClH/c1-2-5-15(19)18(23)20-14-9-7-13(8-10-14)16-12-22-11-4-3-6-17(22)21-16;/h7-10,12,15H,2-6,11,19H2,1H3,(H,20,23);1H. The average molecular weight is 349 g/mol. The molecular formula is C18H25ClN4O. The van der Waals surface area contributed by atoms with E-state index in [2.05, 4.69) is 16.1 Å². The Labute approximate surface area is 149 Å². The van der Waals surface area contributed by atoms with E-state index in [0.29, 0.717) is 6.42 Å². The molecule has 1 atom stereocenters. The van der Waals surface area contributed by atoms with Gasteiger partial charge in [0.15, 0.2) is 0 Å². The summed E-state index contributed by atoms with van der Waals surface area (Å²) in [5.74, 6) is 1.05. The third kappa shape index (κ3) is 4.16. The maximum Gasteiger partial charge on any atom is 0.241 e. The molecule has 1 aliphatic heterocycles. The summed E-state index contributed by atoms with van der Waals surface area (Å²) in [6.45, 7) is 3.08. The minimum atomic E-state index is -0.445. The number of aromatic nitrogens is 2. The highest BCUT2D eigenvalue weighted by atomic mass is 35.5. The van der Waals surface area contributed by atoms with Crippen molar-refractivity contribution < 1.29 is 4.79 Å². The van der Waals surface area contributed by atoms with Crippen molar-refractivity contribution in [3.8, 4) is 11.3 Å². The highest BCUT2D eigenvalue weighted by molar-refractivity contribution is 5.94. The van der Waals surface area contributed by atoms with Crippen molar-refractivity contribution in [1.29, 1.82) is 0 Å². The number of amides is 1. The zero-order valence-electron chi connectivity index (χ0n) is 14.0. The zero-order valence-corrected chi connectivity index (χ0v) is 14.8. The summed E-state index contributed by atoms with van der Waals surface area (Å²) >= 11 is 0. The number of aryl methyl sites for hydroxylation is 2. The third-order valence-electron chi connectivity index (χ3n) is 4.29. The first-order valence-corrected chi connectivity index (χ1v) is 8.40. The summed E-state index contributed by atoms with van der Waals surface area (Å²) in [4.78, 5) is 16.7. The number of hydrogen-bond acceptors (Lipinski definition) is 3. The first-order chi connectivity index (χ1) is 11.2. The zero-order chi connectivity index (χ0) is 16.2. The normalized spacial score (nSPS) is 14.4. The fourth-order valence-electron chi connectivity index (χ4n) is 2.95. The van der Waals surface area contributed by atoms with Crippen molar-refractivity contribution in [1.82, 2.24) is 9.55 Å². The number of imidazole rings is 1. The molecule has 0 saturated carbocycles. The summed E-state index contributed by atoms with van der Waals surface area (Å²) in [6, 6.07) is 7.36. The Hall–Kier alpha value is -1.85. The van der Waals surface area contributed by atoms with E-state index in [1.807, 2.05) is 31.2 Å². The second-order valence-electron chi connectivity index (χ2n) is 6.15. The van der Waals surface area contributed by atoms with Crippen molar-refractivity contribution in [3.63, 3.8) is 0 Å². The molecule has 24 heavy (non-hydrogen) atoms. The number of halogens is 1. The van der Waals surface area contributed by atoms with E-state index < -0.39 is 6.04 Å². The topological polar surface area (TPSA) is 72.9 Å². The molecule has 6 heteroatoms. The number of nitrogens with two attached hydrogens (primary N) is 1. The Morgan fingerprint density at radius 2 is 2.08 bits per heavy atom. The highest BCUT2D eigenvalue weighted by Crippen LogP contribution is 2.24. The molecule has 1 amide bonds. The van der Waals surface area contributed by atoms with Crippen LogP contribution in [-0.4, -0.2) is 21.5 Å². The van der Waals surface area contributed by atoms with Gasteiger partial charge in [0, 0.05) is 30.4 Å². The molecule has 2 aromatic rings. The van der Waals surface area contributed by atoms with Crippen LogP contribution < -0.4 is 11.1 Å². The molecule has 130 valence electrons. The molecule has 0 saturated heterocycles. The second kappa shape index (κ2) is 8.31. The third-order valence-corrected chi connectivity index (χ3v) is 4.29. The number of anilines is 1. The molecule has 0 fully saturated rings. The van der Waals surface area contributed by atoms with Crippen LogP contribution in [0.3, 0.4) is 0 Å². The summed E-state index contributed by atoms with van der Waals surface area (Å²) in [5, 5.41) is 2.86. The van der Waals surface area contributed by atoms with E-state index >= 15 is 0 Å². The van der Waals surface area contributed by atoms with Crippen LogP contribution in [0.1, 0.15) is 38.4 Å². The Morgan fingerprint density at radius 3 is 2.75 bits per heavy atom. The number of carbonyl (C=O) groups excluding carboxylic acids is 1. The van der Waals surface area contributed by atoms with Crippen molar-refractivity contribution in [3.05, 3.63) is 36.3 Å². The van der Waals surface area contributed by atoms with Crippen LogP contribution in [0.5, 0.6) is 0 Å². The molecule has 0 spiro atoms. The predicted octanol–water partition coefficient (Wildman–Crippen LogP) is 3.37. The van der Waals surface area contributed by atoms with Crippen LogP contribution in [0, 0.1) is 0 Å². The minimum Gasteiger partial charge on any atom is -0.334 e. The van der Waals surface area contributed by atoms with Crippen molar-refractivity contribution in [2.24, 2.45) is 5.73 Å². The average Bonchev–Trinajstić information content (AvgIpc) is 2.99. The number of carbonyl (C=O) groups is 1. The lowest BCUT2D eigenvalue weighted by Gasteiger charge is -2.11. The molecule has 0 aliphatic carbocycles. The van der Waals surface area contributed by atoms with Crippen LogP contribution in [-0.2, 0) is 17.8 Å². The Morgan fingerprint density at radius 1 is 1.33 bits per heavy atom. The molecule has 0 radical (unpaired) electrons. The highest BCUT2D eigenvalue weighted by Gasteiger charge is 2.14. The molecule has 1 unspecified atom stereocenters. The van der Waals surface area contributed by atoms with Gasteiger partial charge in [0.25, 0.3) is 0 Å². The molecule has 1 aliphatic rings. The van der Waals surface area contributed by atoms with Gasteiger partial charge in [-0.2, -0.15) is 0 Å². The van der Waals surface area contributed by atoms with Crippen LogP contribution in [0.4, 0.5) is 5.69 Å². The van der Waals surface area contributed by atoms with Gasteiger partial charge in [0.2, 0.25) is 5.91 Å². The minimum absolute atomic E-state index is 0. The Balaban J connectivity index is 0.00000208. The lowest BCUT2D eigenvalue weighted by atomic mass is 10.1. The number of hydrogen-bond donors (Lipinski definition) is 2. The van der Waals surface area contributed by atoms with E-state index in [-0.39, 0.29) is 18.3 Å². The first-order valence-electron chi connectivity index (χ1n) is 8.40. The lowest BCUT2D eigenvalue weighted by Crippen LogP contribution is -2.35. The molecule has 5 nitrogen and oxygen atoms in total. The molecule has 0 bridgehead atoms. The SMILES string of the molecule is CCCC(N)C(=O)Nc1ccc(-c2cn3c(n2)CCCC3)cc1.Cl. The van der Waals surface area contributed by atoms with Gasteiger partial charge in [-0.15, -0.1) is 12.4 Å². The van der Waals surface area contributed by atoms with Gasteiger partial charge in [-0.3, -0.25) is 4.79 Å². The summed E-state index contributed by atoms with van der Waals surface area (Å²) in [6.07, 6.45) is 7.23. The van der Waals surface area contributed by atoms with Crippen molar-refractivity contribution in [2.45, 2.75) is 51.6 Å². The molecule has 1 aromatic heterocycles. The maximum absolute atomic E-state index is 11.9. The lowest BCUT2D eigenvalue weighted by molar-refractivity contribution is -0.117. The summed E-state index contributed by atoms with van der Waals surface area (Å²) in [7, 11) is 0. The fraction of sp³-hybridized carbons (Fsp3) is 0.444. The molecule has 2 heterocycles. The fourth-order valence-corrected chi connectivity index (χ4v) is 2.95. The number of nitrogens with one attached hydrogen (secondary N) is 1. The maximum atomic E-state index is 11.9. The van der Waals surface area contributed by atoms with Crippen LogP contribution in [0.15, 0.2) is 30.5 Å². The van der Waals surface area contributed by atoms with E-state index in [0.717, 1.165) is 36.3 Å². The first kappa shape index (κ1) is 18.5. The number of nitrogens with zero attached hydrogens (tertiary/aromatic N) is 2. The van der Waals surface area contributed by atoms with Crippen LogP contribution in [0.25, 0.3) is 11.3 Å². The van der Waals surface area contributed by atoms with E-state index in [4.69, 9.17) is 10.7 Å². The van der Waals surface area contributed by atoms with Crippen molar-refractivity contribution in [2.75, 3.05) is 5.32 Å². The Kier molecular flexibility index (Phi) is 6.40. The van der Waals surface area contributed by atoms with Gasteiger partial charge < -0.3 is 15.6 Å². The quantitative estimate of drug-likeness (QED) is 0.870. The number of benzene rings is 1. The Bertz CT molecular complexity index is 657.